The SMILES string of the molecule is CC(CO)N(C)S(=O)(=O)CCl. The largest absolute Gasteiger partial charge is 0.395 e. The van der Waals surface area contributed by atoms with Crippen LogP contribution in [0.4, 0.5) is 0 Å². The number of alkyl halides is 1. The molecule has 0 aromatic carbocycles. The van der Waals surface area contributed by atoms with Gasteiger partial charge in [0.1, 0.15) is 5.21 Å². The standard InChI is InChI=1S/C5H12ClNO3S/c1-5(3-8)7(2)11(9,10)4-6/h5,8H,3-4H2,1-2H3. The van der Waals surface area contributed by atoms with E-state index in [1.807, 2.05) is 0 Å². The Hall–Kier alpha value is 0.160. The van der Waals surface area contributed by atoms with Crippen LogP contribution in [0.2, 0.25) is 0 Å². The van der Waals surface area contributed by atoms with Crippen molar-refractivity contribution in [1.29, 1.82) is 0 Å². The zero-order chi connectivity index (χ0) is 9.07. The van der Waals surface area contributed by atoms with Crippen molar-refractivity contribution in [2.75, 3.05) is 18.9 Å². The number of halogens is 1. The predicted octanol–water partition coefficient (Wildman–Crippen LogP) is -0.175. The molecule has 6 heteroatoms. The fourth-order valence-corrected chi connectivity index (χ4v) is 1.70. The van der Waals surface area contributed by atoms with Gasteiger partial charge in [0.05, 0.1) is 6.61 Å². The lowest BCUT2D eigenvalue weighted by atomic mass is 10.4. The lowest BCUT2D eigenvalue weighted by Crippen LogP contribution is -2.37. The zero-order valence-corrected chi connectivity index (χ0v) is 8.06. The summed E-state index contributed by atoms with van der Waals surface area (Å²) in [6.45, 7) is 1.40. The van der Waals surface area contributed by atoms with Gasteiger partial charge in [0.2, 0.25) is 10.0 Å². The first-order chi connectivity index (χ1) is 4.95. The Bertz CT molecular complexity index is 204. The quantitative estimate of drug-likeness (QED) is 0.643. The van der Waals surface area contributed by atoms with Crippen molar-refractivity contribution in [3.63, 3.8) is 0 Å². The lowest BCUT2D eigenvalue weighted by Gasteiger charge is -2.20. The van der Waals surface area contributed by atoms with E-state index < -0.39 is 21.3 Å². The fraction of sp³-hybridized carbons (Fsp3) is 1.00. The summed E-state index contributed by atoms with van der Waals surface area (Å²) in [6, 6.07) is -0.418. The monoisotopic (exact) mass is 201 g/mol. The van der Waals surface area contributed by atoms with Crippen molar-refractivity contribution in [3.05, 3.63) is 0 Å². The smallest absolute Gasteiger partial charge is 0.228 e. The molecular formula is C5H12ClNO3S. The molecule has 0 fully saturated rings. The van der Waals surface area contributed by atoms with Crippen molar-refractivity contribution in [2.45, 2.75) is 13.0 Å². The van der Waals surface area contributed by atoms with Crippen LogP contribution in [0.15, 0.2) is 0 Å². The van der Waals surface area contributed by atoms with E-state index in [1.165, 1.54) is 7.05 Å². The van der Waals surface area contributed by atoms with Gasteiger partial charge in [-0.1, -0.05) is 0 Å². The van der Waals surface area contributed by atoms with Crippen molar-refractivity contribution in [2.24, 2.45) is 0 Å². The summed E-state index contributed by atoms with van der Waals surface area (Å²) in [4.78, 5) is 0. The molecule has 0 saturated carbocycles. The summed E-state index contributed by atoms with van der Waals surface area (Å²) < 4.78 is 23.0. The summed E-state index contributed by atoms with van der Waals surface area (Å²) >= 11 is 5.18. The van der Waals surface area contributed by atoms with E-state index in [0.717, 1.165) is 4.31 Å². The van der Waals surface area contributed by atoms with Gasteiger partial charge in [0.25, 0.3) is 0 Å². The van der Waals surface area contributed by atoms with Crippen LogP contribution < -0.4 is 0 Å². The number of aliphatic hydroxyl groups excluding tert-OH is 1. The molecule has 0 heterocycles. The molecule has 0 aliphatic carbocycles. The van der Waals surface area contributed by atoms with Crippen LogP contribution in [0.5, 0.6) is 0 Å². The molecule has 11 heavy (non-hydrogen) atoms. The van der Waals surface area contributed by atoms with Crippen LogP contribution in [0.25, 0.3) is 0 Å². The maximum atomic E-state index is 11.0. The highest BCUT2D eigenvalue weighted by atomic mass is 35.5. The molecule has 1 atom stereocenters. The molecule has 4 nitrogen and oxygen atoms in total. The number of rotatable bonds is 4. The number of hydrogen-bond acceptors (Lipinski definition) is 3. The molecule has 0 bridgehead atoms. The molecule has 1 unspecified atom stereocenters. The first-order valence-electron chi connectivity index (χ1n) is 3.08. The molecule has 1 N–H and O–H groups in total. The second-order valence-corrected chi connectivity index (χ2v) is 4.88. The summed E-state index contributed by atoms with van der Waals surface area (Å²) in [5.74, 6) is 0. The Morgan fingerprint density at radius 1 is 1.64 bits per heavy atom. The fourth-order valence-electron chi connectivity index (χ4n) is 0.466. The Balaban J connectivity index is 4.36. The van der Waals surface area contributed by atoms with Gasteiger partial charge in [-0.15, -0.1) is 11.6 Å². The van der Waals surface area contributed by atoms with Gasteiger partial charge < -0.3 is 5.11 Å². The van der Waals surface area contributed by atoms with Gasteiger partial charge in [-0.25, -0.2) is 8.42 Å². The lowest BCUT2D eigenvalue weighted by molar-refractivity contribution is 0.214. The van der Waals surface area contributed by atoms with E-state index in [0.29, 0.717) is 0 Å². The van der Waals surface area contributed by atoms with E-state index >= 15 is 0 Å². The number of aliphatic hydroxyl groups is 1. The molecule has 0 aromatic heterocycles. The van der Waals surface area contributed by atoms with E-state index in [2.05, 4.69) is 0 Å². The van der Waals surface area contributed by atoms with Gasteiger partial charge in [-0.3, -0.25) is 0 Å². The van der Waals surface area contributed by atoms with Crippen molar-refractivity contribution in [1.82, 2.24) is 4.31 Å². The third kappa shape index (κ3) is 2.94. The van der Waals surface area contributed by atoms with Gasteiger partial charge in [-0.05, 0) is 6.92 Å². The minimum Gasteiger partial charge on any atom is -0.395 e. The third-order valence-electron chi connectivity index (χ3n) is 1.46. The van der Waals surface area contributed by atoms with Gasteiger partial charge in [-0.2, -0.15) is 4.31 Å². The topological polar surface area (TPSA) is 57.6 Å². The number of hydrogen-bond donors (Lipinski definition) is 1. The summed E-state index contributed by atoms with van der Waals surface area (Å²) in [5.41, 5.74) is 0. The maximum Gasteiger partial charge on any atom is 0.228 e. The first-order valence-corrected chi connectivity index (χ1v) is 5.22. The zero-order valence-electron chi connectivity index (χ0n) is 6.49. The molecule has 0 aromatic rings. The van der Waals surface area contributed by atoms with Crippen LogP contribution in [-0.2, 0) is 10.0 Å². The normalized spacial score (nSPS) is 15.4. The average molecular weight is 202 g/mol. The Kier molecular flexibility index (Phi) is 4.31. The highest BCUT2D eigenvalue weighted by molar-refractivity contribution is 7.90. The number of nitrogens with zero attached hydrogens (tertiary/aromatic N) is 1. The van der Waals surface area contributed by atoms with Crippen molar-refractivity contribution < 1.29 is 13.5 Å². The Morgan fingerprint density at radius 2 is 2.09 bits per heavy atom. The van der Waals surface area contributed by atoms with Crippen LogP contribution in [-0.4, -0.2) is 42.7 Å². The van der Waals surface area contributed by atoms with Gasteiger partial charge >= 0.3 is 0 Å². The van der Waals surface area contributed by atoms with Gasteiger partial charge in [0, 0.05) is 13.1 Å². The van der Waals surface area contributed by atoms with Crippen LogP contribution >= 0.6 is 11.6 Å². The third-order valence-corrected chi connectivity index (χ3v) is 3.80. The van der Waals surface area contributed by atoms with Gasteiger partial charge in [0.15, 0.2) is 0 Å². The molecule has 0 amide bonds. The maximum absolute atomic E-state index is 11.0. The number of likely N-dealkylation sites (N-methyl/N-ethyl adjacent to an activating group) is 1. The first kappa shape index (κ1) is 11.2. The molecule has 0 radical (unpaired) electrons. The van der Waals surface area contributed by atoms with E-state index in [4.69, 9.17) is 16.7 Å². The number of sulfonamides is 1. The Morgan fingerprint density at radius 3 is 2.36 bits per heavy atom. The molecule has 68 valence electrons. The molecule has 0 aliphatic rings. The molecule has 0 rings (SSSR count). The van der Waals surface area contributed by atoms with Crippen LogP contribution in [0, 0.1) is 0 Å². The van der Waals surface area contributed by atoms with Crippen LogP contribution in [0.1, 0.15) is 6.92 Å². The highest BCUT2D eigenvalue weighted by Crippen LogP contribution is 2.04. The summed E-state index contributed by atoms with van der Waals surface area (Å²) in [7, 11) is -1.98. The second kappa shape index (κ2) is 4.25. The Labute approximate surface area is 71.8 Å². The molecule has 0 spiro atoms. The van der Waals surface area contributed by atoms with E-state index in [9.17, 15) is 8.42 Å². The van der Waals surface area contributed by atoms with Crippen LogP contribution in [0.3, 0.4) is 0 Å². The highest BCUT2D eigenvalue weighted by Gasteiger charge is 2.20. The average Bonchev–Trinajstić information content (AvgIpc) is 2.01. The molecular weight excluding hydrogens is 190 g/mol. The summed E-state index contributed by atoms with van der Waals surface area (Å²) in [5, 5.41) is 8.16. The summed E-state index contributed by atoms with van der Waals surface area (Å²) in [6.07, 6.45) is 0. The van der Waals surface area contributed by atoms with E-state index in [1.54, 1.807) is 6.92 Å². The van der Waals surface area contributed by atoms with Crippen molar-refractivity contribution >= 4 is 21.6 Å². The molecule has 0 aliphatic heterocycles. The van der Waals surface area contributed by atoms with Crippen molar-refractivity contribution in [3.8, 4) is 0 Å². The predicted molar refractivity (Wildman–Crippen MR) is 44.0 cm³/mol. The second-order valence-electron chi connectivity index (χ2n) is 2.27. The minimum absolute atomic E-state index is 0.202. The minimum atomic E-state index is -3.37. The van der Waals surface area contributed by atoms with E-state index in [-0.39, 0.29) is 6.61 Å². The molecule has 0 saturated heterocycles.